The quantitative estimate of drug-likeness (QED) is 0.576. The Balaban J connectivity index is 1.42. The molecule has 1 aliphatic rings. The van der Waals surface area contributed by atoms with E-state index in [1.807, 2.05) is 44.2 Å². The van der Waals surface area contributed by atoms with Gasteiger partial charge in [0, 0.05) is 6.54 Å². The molecular weight excluding hydrogens is 404 g/mol. The third-order valence-corrected chi connectivity index (χ3v) is 6.15. The van der Waals surface area contributed by atoms with Crippen molar-refractivity contribution in [2.45, 2.75) is 52.5 Å². The molecule has 1 aliphatic heterocycles. The Morgan fingerprint density at radius 3 is 2.47 bits per heavy atom. The number of likely N-dealkylation sites (tertiary alicyclic amines) is 1. The first-order chi connectivity index (χ1) is 15.5. The molecule has 0 spiro atoms. The Labute approximate surface area is 188 Å². The van der Waals surface area contributed by atoms with E-state index in [1.54, 1.807) is 4.68 Å². The number of hydrogen-bond acceptors (Lipinski definition) is 5. The van der Waals surface area contributed by atoms with Gasteiger partial charge < -0.3 is 10.2 Å². The van der Waals surface area contributed by atoms with Crippen molar-refractivity contribution in [3.8, 4) is 5.69 Å². The predicted octanol–water partition coefficient (Wildman–Crippen LogP) is 2.58. The van der Waals surface area contributed by atoms with Crippen LogP contribution in [0.15, 0.2) is 35.1 Å². The van der Waals surface area contributed by atoms with Crippen LogP contribution in [0, 0.1) is 13.8 Å². The molecule has 1 amide bonds. The minimum absolute atomic E-state index is 0.101. The van der Waals surface area contributed by atoms with Crippen LogP contribution in [0.1, 0.15) is 43.5 Å². The van der Waals surface area contributed by atoms with Crippen molar-refractivity contribution >= 4 is 16.8 Å². The van der Waals surface area contributed by atoms with Gasteiger partial charge in [-0.25, -0.2) is 9.36 Å². The SMILES string of the molecule is Cc1nn(CC(=O)NCCCN2CCCCCC2)c(=O)c2nn(-c3ccccc3)c(C)c12. The number of amides is 1. The minimum Gasteiger partial charge on any atom is -0.354 e. The van der Waals surface area contributed by atoms with Crippen LogP contribution in [-0.4, -0.2) is 56.5 Å². The lowest BCUT2D eigenvalue weighted by Crippen LogP contribution is -2.35. The van der Waals surface area contributed by atoms with E-state index in [0.717, 1.165) is 42.8 Å². The molecule has 170 valence electrons. The van der Waals surface area contributed by atoms with Crippen LogP contribution in [0.3, 0.4) is 0 Å². The highest BCUT2D eigenvalue weighted by Crippen LogP contribution is 2.20. The Bertz CT molecular complexity index is 1130. The number of hydrogen-bond donors (Lipinski definition) is 1. The summed E-state index contributed by atoms with van der Waals surface area (Å²) in [5.41, 5.74) is 2.43. The Morgan fingerprint density at radius 1 is 1.03 bits per heavy atom. The summed E-state index contributed by atoms with van der Waals surface area (Å²) in [6.45, 7) is 7.59. The fraction of sp³-hybridized carbons (Fsp3) is 0.500. The maximum absolute atomic E-state index is 13.0. The van der Waals surface area contributed by atoms with Crippen LogP contribution in [0.5, 0.6) is 0 Å². The van der Waals surface area contributed by atoms with Gasteiger partial charge in [0.25, 0.3) is 5.56 Å². The molecule has 0 unspecified atom stereocenters. The molecule has 8 nitrogen and oxygen atoms in total. The van der Waals surface area contributed by atoms with E-state index in [0.29, 0.717) is 17.8 Å². The maximum atomic E-state index is 13.0. The number of rotatable bonds is 7. The third-order valence-electron chi connectivity index (χ3n) is 6.15. The van der Waals surface area contributed by atoms with Crippen molar-refractivity contribution in [2.24, 2.45) is 0 Å². The summed E-state index contributed by atoms with van der Waals surface area (Å²) < 4.78 is 2.98. The maximum Gasteiger partial charge on any atom is 0.295 e. The summed E-state index contributed by atoms with van der Waals surface area (Å²) in [6.07, 6.45) is 6.08. The summed E-state index contributed by atoms with van der Waals surface area (Å²) in [7, 11) is 0. The summed E-state index contributed by atoms with van der Waals surface area (Å²) in [5.74, 6) is -0.201. The summed E-state index contributed by atoms with van der Waals surface area (Å²) in [6, 6.07) is 9.69. The Morgan fingerprint density at radius 2 is 1.75 bits per heavy atom. The van der Waals surface area contributed by atoms with E-state index in [9.17, 15) is 9.59 Å². The Hall–Kier alpha value is -3.00. The lowest BCUT2D eigenvalue weighted by atomic mass is 10.2. The summed E-state index contributed by atoms with van der Waals surface area (Å²) >= 11 is 0. The number of nitrogens with zero attached hydrogens (tertiary/aromatic N) is 5. The summed E-state index contributed by atoms with van der Waals surface area (Å²) in [5, 5.41) is 12.6. The lowest BCUT2D eigenvalue weighted by molar-refractivity contribution is -0.121. The van der Waals surface area contributed by atoms with Gasteiger partial charge in [-0.1, -0.05) is 31.0 Å². The molecule has 3 heterocycles. The minimum atomic E-state index is -0.344. The molecule has 32 heavy (non-hydrogen) atoms. The smallest absolute Gasteiger partial charge is 0.295 e. The molecule has 1 fully saturated rings. The topological polar surface area (TPSA) is 85.1 Å². The molecule has 0 radical (unpaired) electrons. The van der Waals surface area contributed by atoms with E-state index in [2.05, 4.69) is 20.4 Å². The highest BCUT2D eigenvalue weighted by Gasteiger charge is 2.18. The van der Waals surface area contributed by atoms with Crippen LogP contribution in [0.4, 0.5) is 0 Å². The first-order valence-electron chi connectivity index (χ1n) is 11.6. The normalized spacial score (nSPS) is 15.1. The van der Waals surface area contributed by atoms with Crippen molar-refractivity contribution in [1.82, 2.24) is 29.8 Å². The van der Waals surface area contributed by atoms with Gasteiger partial charge in [-0.2, -0.15) is 10.2 Å². The van der Waals surface area contributed by atoms with Gasteiger partial charge in [-0.05, 0) is 64.9 Å². The molecule has 1 N–H and O–H groups in total. The van der Waals surface area contributed by atoms with Gasteiger partial charge in [-0.3, -0.25) is 9.59 Å². The zero-order valence-electron chi connectivity index (χ0n) is 19.0. The number of carbonyl (C=O) groups excluding carboxylic acids is 1. The zero-order valence-corrected chi connectivity index (χ0v) is 19.0. The fourth-order valence-corrected chi connectivity index (χ4v) is 4.49. The van der Waals surface area contributed by atoms with Gasteiger partial charge in [0.2, 0.25) is 5.91 Å². The number of benzene rings is 1. The first kappa shape index (κ1) is 22.2. The van der Waals surface area contributed by atoms with Gasteiger partial charge in [0.1, 0.15) is 6.54 Å². The fourth-order valence-electron chi connectivity index (χ4n) is 4.49. The number of aromatic nitrogens is 4. The van der Waals surface area contributed by atoms with Gasteiger partial charge in [0.05, 0.1) is 22.5 Å². The third kappa shape index (κ3) is 4.91. The highest BCUT2D eigenvalue weighted by atomic mass is 16.2. The van der Waals surface area contributed by atoms with Crippen LogP contribution >= 0.6 is 0 Å². The molecule has 0 atom stereocenters. The van der Waals surface area contributed by atoms with Crippen molar-refractivity contribution in [3.05, 3.63) is 52.1 Å². The number of fused-ring (bicyclic) bond motifs is 1. The molecule has 0 saturated carbocycles. The molecule has 0 aliphatic carbocycles. The second-order valence-corrected chi connectivity index (χ2v) is 8.56. The second-order valence-electron chi connectivity index (χ2n) is 8.56. The predicted molar refractivity (Wildman–Crippen MR) is 125 cm³/mol. The van der Waals surface area contributed by atoms with E-state index >= 15 is 0 Å². The van der Waals surface area contributed by atoms with E-state index in [4.69, 9.17) is 0 Å². The van der Waals surface area contributed by atoms with E-state index in [1.165, 1.54) is 30.4 Å². The van der Waals surface area contributed by atoms with Crippen molar-refractivity contribution in [1.29, 1.82) is 0 Å². The lowest BCUT2D eigenvalue weighted by Gasteiger charge is -2.19. The standard InChI is InChI=1S/C24H32N6O2/c1-18-22-19(2)30(20-11-6-5-7-12-20)27-23(22)24(32)29(26-18)17-21(31)25-13-10-16-28-14-8-3-4-9-15-28/h5-7,11-12H,3-4,8-10,13-17H2,1-2H3,(H,25,31). The van der Waals surface area contributed by atoms with Crippen molar-refractivity contribution in [2.75, 3.05) is 26.2 Å². The first-order valence-corrected chi connectivity index (χ1v) is 11.6. The van der Waals surface area contributed by atoms with E-state index < -0.39 is 0 Å². The molecular formula is C24H32N6O2. The second kappa shape index (κ2) is 10.1. The largest absolute Gasteiger partial charge is 0.354 e. The Kier molecular flexibility index (Phi) is 6.99. The molecule has 2 aromatic heterocycles. The number of para-hydroxylation sites is 1. The van der Waals surface area contributed by atoms with Crippen LogP contribution in [0.25, 0.3) is 16.6 Å². The average Bonchev–Trinajstić information content (AvgIpc) is 2.96. The van der Waals surface area contributed by atoms with Crippen LogP contribution in [-0.2, 0) is 11.3 Å². The van der Waals surface area contributed by atoms with Gasteiger partial charge >= 0.3 is 0 Å². The zero-order chi connectivity index (χ0) is 22.5. The molecule has 1 saturated heterocycles. The van der Waals surface area contributed by atoms with Gasteiger partial charge in [0.15, 0.2) is 5.52 Å². The van der Waals surface area contributed by atoms with Crippen LogP contribution < -0.4 is 10.9 Å². The summed E-state index contributed by atoms with van der Waals surface area (Å²) in [4.78, 5) is 28.0. The van der Waals surface area contributed by atoms with E-state index in [-0.39, 0.29) is 18.0 Å². The monoisotopic (exact) mass is 436 g/mol. The number of aryl methyl sites for hydroxylation is 2. The number of nitrogens with one attached hydrogen (secondary N) is 1. The number of carbonyl (C=O) groups is 1. The molecule has 4 rings (SSSR count). The molecule has 3 aromatic rings. The highest BCUT2D eigenvalue weighted by molar-refractivity contribution is 5.83. The van der Waals surface area contributed by atoms with Crippen molar-refractivity contribution in [3.63, 3.8) is 0 Å². The molecule has 8 heteroatoms. The van der Waals surface area contributed by atoms with Gasteiger partial charge in [-0.15, -0.1) is 0 Å². The molecule has 1 aromatic carbocycles. The average molecular weight is 437 g/mol. The van der Waals surface area contributed by atoms with Crippen molar-refractivity contribution < 1.29 is 4.79 Å². The van der Waals surface area contributed by atoms with Crippen LogP contribution in [0.2, 0.25) is 0 Å². The molecule has 0 bridgehead atoms.